The van der Waals surface area contributed by atoms with Gasteiger partial charge in [0, 0.05) is 32.1 Å². The normalized spacial score (nSPS) is 20.9. The third kappa shape index (κ3) is 2.93. The van der Waals surface area contributed by atoms with E-state index in [2.05, 4.69) is 10.3 Å². The molecule has 1 aliphatic heterocycles. The summed E-state index contributed by atoms with van der Waals surface area (Å²) in [6, 6.07) is 2.41. The van der Waals surface area contributed by atoms with Crippen molar-refractivity contribution >= 4 is 10.0 Å². The second-order valence-corrected chi connectivity index (χ2v) is 7.25. The molecule has 2 fully saturated rings. The van der Waals surface area contributed by atoms with E-state index in [4.69, 9.17) is 0 Å². The highest BCUT2D eigenvalue weighted by molar-refractivity contribution is 7.89. The van der Waals surface area contributed by atoms with Gasteiger partial charge in [-0.3, -0.25) is 4.98 Å². The van der Waals surface area contributed by atoms with Crippen molar-refractivity contribution in [2.75, 3.05) is 26.2 Å². The van der Waals surface area contributed by atoms with Gasteiger partial charge in [0.15, 0.2) is 0 Å². The van der Waals surface area contributed by atoms with Gasteiger partial charge in [-0.25, -0.2) is 17.2 Å². The molecule has 116 valence electrons. The lowest BCUT2D eigenvalue weighted by Gasteiger charge is -2.27. The fourth-order valence-electron chi connectivity index (χ4n) is 2.49. The molecular weight excluding hydrogens is 300 g/mol. The van der Waals surface area contributed by atoms with Gasteiger partial charge in [0.05, 0.1) is 5.69 Å². The summed E-state index contributed by atoms with van der Waals surface area (Å²) < 4.78 is 52.3. The molecule has 0 unspecified atom stereocenters. The van der Waals surface area contributed by atoms with Crippen molar-refractivity contribution < 1.29 is 17.2 Å². The number of nitrogens with one attached hydrogen (secondary N) is 1. The van der Waals surface area contributed by atoms with Crippen LogP contribution in [0.4, 0.5) is 8.78 Å². The molecule has 0 bridgehead atoms. The Morgan fingerprint density at radius 1 is 1.24 bits per heavy atom. The molecule has 1 saturated carbocycles. The SMILES string of the molecule is O=S(=O)(c1ccc(C(F)F)nc1C1CC1)N1CCNCC1. The van der Waals surface area contributed by atoms with Crippen molar-refractivity contribution in [2.45, 2.75) is 30.1 Å². The average Bonchev–Trinajstić information content (AvgIpc) is 3.32. The first-order chi connectivity index (χ1) is 10.00. The molecule has 0 aromatic carbocycles. The average molecular weight is 317 g/mol. The van der Waals surface area contributed by atoms with Crippen molar-refractivity contribution in [1.29, 1.82) is 0 Å². The van der Waals surface area contributed by atoms with Gasteiger partial charge in [-0.05, 0) is 25.0 Å². The lowest BCUT2D eigenvalue weighted by atomic mass is 10.2. The van der Waals surface area contributed by atoms with Crippen LogP contribution in [0.25, 0.3) is 0 Å². The molecule has 1 aliphatic carbocycles. The summed E-state index contributed by atoms with van der Waals surface area (Å²) in [7, 11) is -3.65. The summed E-state index contributed by atoms with van der Waals surface area (Å²) in [5, 5.41) is 3.09. The third-order valence-corrected chi connectivity index (χ3v) is 5.73. The van der Waals surface area contributed by atoms with Gasteiger partial charge in [0.1, 0.15) is 10.6 Å². The minimum Gasteiger partial charge on any atom is -0.314 e. The molecule has 8 heteroatoms. The number of aromatic nitrogens is 1. The fourth-order valence-corrected chi connectivity index (χ4v) is 4.15. The fraction of sp³-hybridized carbons (Fsp3) is 0.615. The molecule has 21 heavy (non-hydrogen) atoms. The first-order valence-electron chi connectivity index (χ1n) is 7.00. The molecule has 0 spiro atoms. The number of alkyl halides is 2. The van der Waals surface area contributed by atoms with Gasteiger partial charge < -0.3 is 5.32 Å². The maximum Gasteiger partial charge on any atom is 0.280 e. The lowest BCUT2D eigenvalue weighted by Crippen LogP contribution is -2.46. The Labute approximate surface area is 122 Å². The van der Waals surface area contributed by atoms with Crippen LogP contribution in [0.3, 0.4) is 0 Å². The highest BCUT2D eigenvalue weighted by Crippen LogP contribution is 2.42. The molecule has 0 atom stereocenters. The van der Waals surface area contributed by atoms with Crippen LogP contribution in [0.5, 0.6) is 0 Å². The van der Waals surface area contributed by atoms with Crippen molar-refractivity contribution in [1.82, 2.24) is 14.6 Å². The molecule has 2 heterocycles. The summed E-state index contributed by atoms with van der Waals surface area (Å²) in [5.74, 6) is -0.00334. The van der Waals surface area contributed by atoms with E-state index >= 15 is 0 Å². The smallest absolute Gasteiger partial charge is 0.280 e. The molecule has 1 aromatic rings. The maximum absolute atomic E-state index is 12.8. The molecule has 0 radical (unpaired) electrons. The lowest BCUT2D eigenvalue weighted by molar-refractivity contribution is 0.145. The van der Waals surface area contributed by atoms with Gasteiger partial charge >= 0.3 is 0 Å². The van der Waals surface area contributed by atoms with Gasteiger partial charge in [0.25, 0.3) is 6.43 Å². The zero-order chi connectivity index (χ0) is 15.0. The van der Waals surface area contributed by atoms with Crippen LogP contribution in [0.2, 0.25) is 0 Å². The van der Waals surface area contributed by atoms with Crippen LogP contribution in [-0.4, -0.2) is 43.9 Å². The van der Waals surface area contributed by atoms with Crippen molar-refractivity contribution in [3.05, 3.63) is 23.5 Å². The Bertz CT molecular complexity index is 626. The number of halogens is 2. The predicted octanol–water partition coefficient (Wildman–Crippen LogP) is 1.49. The monoisotopic (exact) mass is 317 g/mol. The van der Waals surface area contributed by atoms with Crippen LogP contribution in [0.1, 0.15) is 36.6 Å². The van der Waals surface area contributed by atoms with E-state index in [1.165, 1.54) is 10.4 Å². The maximum atomic E-state index is 12.8. The second-order valence-electron chi connectivity index (χ2n) is 5.35. The Balaban J connectivity index is 2.00. The van der Waals surface area contributed by atoms with Crippen LogP contribution in [0.15, 0.2) is 17.0 Å². The largest absolute Gasteiger partial charge is 0.314 e. The number of rotatable bonds is 4. The van der Waals surface area contributed by atoms with E-state index in [9.17, 15) is 17.2 Å². The van der Waals surface area contributed by atoms with Crippen molar-refractivity contribution in [3.63, 3.8) is 0 Å². The number of nitrogens with zero attached hydrogens (tertiary/aromatic N) is 2. The highest BCUT2D eigenvalue weighted by atomic mass is 32.2. The van der Waals surface area contributed by atoms with Gasteiger partial charge in [0.2, 0.25) is 10.0 Å². The molecule has 1 saturated heterocycles. The molecular formula is C13H17F2N3O2S. The number of hydrogen-bond acceptors (Lipinski definition) is 4. The van der Waals surface area contributed by atoms with Gasteiger partial charge in [-0.1, -0.05) is 0 Å². The van der Waals surface area contributed by atoms with Crippen LogP contribution in [-0.2, 0) is 10.0 Å². The van der Waals surface area contributed by atoms with Crippen LogP contribution < -0.4 is 5.32 Å². The summed E-state index contributed by atoms with van der Waals surface area (Å²) in [6.45, 7) is 1.98. The molecule has 5 nitrogen and oxygen atoms in total. The summed E-state index contributed by atoms with van der Waals surface area (Å²) >= 11 is 0. The summed E-state index contributed by atoms with van der Waals surface area (Å²) in [5.41, 5.74) is -0.0394. The molecule has 3 rings (SSSR count). The van der Waals surface area contributed by atoms with Crippen LogP contribution in [0, 0.1) is 0 Å². The first-order valence-corrected chi connectivity index (χ1v) is 8.44. The zero-order valence-electron chi connectivity index (χ0n) is 11.4. The van der Waals surface area contributed by atoms with E-state index in [0.29, 0.717) is 31.9 Å². The highest BCUT2D eigenvalue weighted by Gasteiger charge is 2.35. The predicted molar refractivity (Wildman–Crippen MR) is 72.8 cm³/mol. The summed E-state index contributed by atoms with van der Waals surface area (Å²) in [6.07, 6.45) is -1.06. The minimum absolute atomic E-state index is 0.00334. The molecule has 1 aromatic heterocycles. The standard InChI is InChI=1S/C13H17F2N3O2S/c14-13(15)10-3-4-11(12(17-10)9-1-2-9)21(19,20)18-7-5-16-6-8-18/h3-4,9,13,16H,1-2,5-8H2. The van der Waals surface area contributed by atoms with E-state index in [-0.39, 0.29) is 16.5 Å². The molecule has 0 amide bonds. The van der Waals surface area contributed by atoms with Gasteiger partial charge in [-0.2, -0.15) is 4.31 Å². The summed E-state index contributed by atoms with van der Waals surface area (Å²) in [4.78, 5) is 4.02. The Morgan fingerprint density at radius 3 is 2.48 bits per heavy atom. The van der Waals surface area contributed by atoms with Crippen molar-refractivity contribution in [2.24, 2.45) is 0 Å². The minimum atomic E-state index is -3.65. The van der Waals surface area contributed by atoms with E-state index in [1.54, 1.807) is 0 Å². The number of sulfonamides is 1. The van der Waals surface area contributed by atoms with Crippen LogP contribution >= 0.6 is 0 Å². The molecule has 1 N–H and O–H groups in total. The van der Waals surface area contributed by atoms with Gasteiger partial charge in [-0.15, -0.1) is 0 Å². The number of hydrogen-bond donors (Lipinski definition) is 1. The number of pyridine rings is 1. The first kappa shape index (κ1) is 14.8. The third-order valence-electron chi connectivity index (χ3n) is 3.79. The topological polar surface area (TPSA) is 62.3 Å². The van der Waals surface area contributed by atoms with E-state index < -0.39 is 16.4 Å². The Morgan fingerprint density at radius 2 is 1.90 bits per heavy atom. The molecule has 2 aliphatic rings. The zero-order valence-corrected chi connectivity index (χ0v) is 12.2. The quantitative estimate of drug-likeness (QED) is 0.914. The van der Waals surface area contributed by atoms with E-state index in [1.807, 2.05) is 0 Å². The Hall–Kier alpha value is -1.12. The number of piperazine rings is 1. The van der Waals surface area contributed by atoms with E-state index in [0.717, 1.165) is 18.9 Å². The van der Waals surface area contributed by atoms with Crippen molar-refractivity contribution in [3.8, 4) is 0 Å². The Kier molecular flexibility index (Phi) is 3.94. The second kappa shape index (κ2) is 5.58.